The van der Waals surface area contributed by atoms with Crippen LogP contribution in [0.3, 0.4) is 0 Å². The Balaban J connectivity index is 1.17. The maximum atomic E-state index is 5.11. The first-order valence-electron chi connectivity index (χ1n) is 14.0. The molecule has 200 valence electrons. The molecule has 0 saturated carbocycles. The van der Waals surface area contributed by atoms with Crippen LogP contribution in [0.1, 0.15) is 41.6 Å². The van der Waals surface area contributed by atoms with Crippen LogP contribution in [0.5, 0.6) is 0 Å². The summed E-state index contributed by atoms with van der Waals surface area (Å²) in [5.41, 5.74) is 9.67. The smallest absolute Gasteiger partial charge is 0.155 e. The van der Waals surface area contributed by atoms with Crippen molar-refractivity contribution in [1.29, 1.82) is 0 Å². The molecule has 2 aromatic carbocycles. The fourth-order valence-electron chi connectivity index (χ4n) is 5.64. The standard InChI is InChI=1S/C32H32N8/c1-3-7-22(8-4-1)15-33-16-23-13-25(18-34-17-23)24-9-10-28-27(14-24)31(39-38-28)32-36-20-26-19-35-21-29(30(26)37-32)40-11-5-2-6-12-40/h1,3-4,7-10,13-14,17-19,21,33H,2,5-6,11-12,15-16,20H2,(H,36,37)(H,38,39). The summed E-state index contributed by atoms with van der Waals surface area (Å²) in [6.45, 7) is 4.37. The molecule has 2 aliphatic heterocycles. The normalized spacial score (nSPS) is 15.0. The number of hydrogen-bond acceptors (Lipinski definition) is 7. The largest absolute Gasteiger partial charge is 0.369 e. The summed E-state index contributed by atoms with van der Waals surface area (Å²) in [4.78, 5) is 16.6. The minimum Gasteiger partial charge on any atom is -0.369 e. The molecule has 3 N–H and O–H groups in total. The van der Waals surface area contributed by atoms with Gasteiger partial charge in [0.05, 0.1) is 23.1 Å². The number of anilines is 1. The molecule has 40 heavy (non-hydrogen) atoms. The molecule has 1 fully saturated rings. The molecule has 0 bridgehead atoms. The molecule has 1 saturated heterocycles. The summed E-state index contributed by atoms with van der Waals surface area (Å²) in [6, 6.07) is 19.0. The van der Waals surface area contributed by atoms with Crippen molar-refractivity contribution in [3.05, 3.63) is 102 Å². The van der Waals surface area contributed by atoms with Gasteiger partial charge in [-0.05, 0) is 54.2 Å². The summed E-state index contributed by atoms with van der Waals surface area (Å²) >= 11 is 0. The van der Waals surface area contributed by atoms with Crippen molar-refractivity contribution in [3.63, 3.8) is 0 Å². The van der Waals surface area contributed by atoms with Gasteiger partial charge in [-0.15, -0.1) is 0 Å². The molecular formula is C32H32N8. The van der Waals surface area contributed by atoms with E-state index in [1.54, 1.807) is 0 Å². The molecule has 5 aromatic rings. The molecule has 0 atom stereocenters. The van der Waals surface area contributed by atoms with E-state index in [4.69, 9.17) is 4.99 Å². The number of aromatic nitrogens is 4. The van der Waals surface area contributed by atoms with Gasteiger partial charge in [-0.25, -0.2) is 4.99 Å². The third-order valence-electron chi connectivity index (χ3n) is 7.76. The molecule has 0 unspecified atom stereocenters. The van der Waals surface area contributed by atoms with E-state index < -0.39 is 0 Å². The Morgan fingerprint density at radius 3 is 2.55 bits per heavy atom. The third kappa shape index (κ3) is 4.94. The Morgan fingerprint density at radius 1 is 0.800 bits per heavy atom. The van der Waals surface area contributed by atoms with Gasteiger partial charge >= 0.3 is 0 Å². The molecule has 8 heteroatoms. The van der Waals surface area contributed by atoms with Gasteiger partial charge < -0.3 is 15.5 Å². The van der Waals surface area contributed by atoms with Crippen molar-refractivity contribution in [2.45, 2.75) is 38.9 Å². The number of pyridine rings is 2. The molecule has 5 heterocycles. The molecule has 2 aliphatic rings. The Labute approximate surface area is 233 Å². The first kappa shape index (κ1) is 24.5. The number of fused-ring (bicyclic) bond motifs is 2. The SMILES string of the molecule is c1ccc(CNCc2cncc(-c3ccc4[nH]nc(C5=Nc6c(cncc6N6CCCCC6)CN5)c4c3)c2)cc1. The fraction of sp³-hybridized carbons (Fsp3) is 0.250. The van der Waals surface area contributed by atoms with Crippen molar-refractivity contribution in [2.24, 2.45) is 4.99 Å². The minimum absolute atomic E-state index is 0.679. The molecule has 7 rings (SSSR count). The number of hydrogen-bond donors (Lipinski definition) is 3. The van der Waals surface area contributed by atoms with Gasteiger partial charge in [-0.3, -0.25) is 15.1 Å². The van der Waals surface area contributed by atoms with Crippen molar-refractivity contribution < 1.29 is 0 Å². The van der Waals surface area contributed by atoms with Crippen LogP contribution in [-0.4, -0.2) is 39.1 Å². The van der Waals surface area contributed by atoms with Crippen molar-refractivity contribution in [3.8, 4) is 11.1 Å². The Bertz CT molecular complexity index is 1670. The van der Waals surface area contributed by atoms with Crippen molar-refractivity contribution >= 4 is 28.1 Å². The van der Waals surface area contributed by atoms with Crippen LogP contribution in [0.15, 0.2) is 84.4 Å². The van der Waals surface area contributed by atoms with Crippen LogP contribution in [-0.2, 0) is 19.6 Å². The molecule has 3 aromatic heterocycles. The zero-order valence-corrected chi connectivity index (χ0v) is 22.4. The minimum atomic E-state index is 0.679. The summed E-state index contributed by atoms with van der Waals surface area (Å²) in [5, 5.41) is 15.9. The van der Waals surface area contributed by atoms with Crippen LogP contribution >= 0.6 is 0 Å². The quantitative estimate of drug-likeness (QED) is 0.259. The lowest BCUT2D eigenvalue weighted by Crippen LogP contribution is -2.32. The van der Waals surface area contributed by atoms with Crippen LogP contribution in [0, 0.1) is 0 Å². The van der Waals surface area contributed by atoms with E-state index in [2.05, 4.69) is 84.2 Å². The van der Waals surface area contributed by atoms with Crippen LogP contribution in [0.25, 0.3) is 22.0 Å². The molecule has 0 radical (unpaired) electrons. The highest BCUT2D eigenvalue weighted by molar-refractivity contribution is 6.10. The van der Waals surface area contributed by atoms with Crippen LogP contribution in [0.2, 0.25) is 0 Å². The zero-order chi connectivity index (χ0) is 26.7. The first-order chi connectivity index (χ1) is 19.8. The first-order valence-corrected chi connectivity index (χ1v) is 14.0. The number of aliphatic imine (C=N–C) groups is 1. The highest BCUT2D eigenvalue weighted by Crippen LogP contribution is 2.36. The number of benzene rings is 2. The Morgan fingerprint density at radius 2 is 1.65 bits per heavy atom. The highest BCUT2D eigenvalue weighted by Gasteiger charge is 2.23. The van der Waals surface area contributed by atoms with E-state index in [-0.39, 0.29) is 0 Å². The fourth-order valence-corrected chi connectivity index (χ4v) is 5.64. The maximum absolute atomic E-state index is 5.11. The number of piperidine rings is 1. The number of rotatable bonds is 7. The highest BCUT2D eigenvalue weighted by atomic mass is 15.2. The second-order valence-electron chi connectivity index (χ2n) is 10.5. The molecule has 0 amide bonds. The summed E-state index contributed by atoms with van der Waals surface area (Å²) < 4.78 is 0. The van der Waals surface area contributed by atoms with Gasteiger partial charge in [0.15, 0.2) is 5.84 Å². The van der Waals surface area contributed by atoms with Crippen molar-refractivity contribution in [1.82, 2.24) is 30.8 Å². The molecule has 0 aliphatic carbocycles. The maximum Gasteiger partial charge on any atom is 0.155 e. The predicted octanol–water partition coefficient (Wildman–Crippen LogP) is 5.48. The monoisotopic (exact) mass is 528 g/mol. The Hall–Kier alpha value is -4.56. The molecular weight excluding hydrogens is 496 g/mol. The predicted molar refractivity (Wildman–Crippen MR) is 160 cm³/mol. The lowest BCUT2D eigenvalue weighted by Gasteiger charge is -2.31. The summed E-state index contributed by atoms with van der Waals surface area (Å²) in [7, 11) is 0. The second kappa shape index (κ2) is 10.9. The van der Waals surface area contributed by atoms with E-state index in [9.17, 15) is 0 Å². The van der Waals surface area contributed by atoms with Gasteiger partial charge in [-0.1, -0.05) is 36.4 Å². The van der Waals surface area contributed by atoms with Gasteiger partial charge in [-0.2, -0.15) is 5.10 Å². The van der Waals surface area contributed by atoms with E-state index in [1.165, 1.54) is 24.8 Å². The van der Waals surface area contributed by atoms with Gasteiger partial charge in [0.25, 0.3) is 0 Å². The number of aromatic amines is 1. The number of amidine groups is 1. The lowest BCUT2D eigenvalue weighted by molar-refractivity contribution is 0.577. The van der Waals surface area contributed by atoms with E-state index >= 15 is 0 Å². The van der Waals surface area contributed by atoms with Crippen LogP contribution < -0.4 is 15.5 Å². The number of H-pyrrole nitrogens is 1. The lowest BCUT2D eigenvalue weighted by atomic mass is 10.0. The average Bonchev–Trinajstić information content (AvgIpc) is 3.45. The average molecular weight is 529 g/mol. The molecule has 8 nitrogen and oxygen atoms in total. The zero-order valence-electron chi connectivity index (χ0n) is 22.4. The van der Waals surface area contributed by atoms with Gasteiger partial charge in [0.1, 0.15) is 5.69 Å². The molecule has 0 spiro atoms. The third-order valence-corrected chi connectivity index (χ3v) is 7.76. The van der Waals surface area contributed by atoms with E-state index in [0.717, 1.165) is 82.2 Å². The number of nitrogens with zero attached hydrogens (tertiary/aromatic N) is 5. The summed E-state index contributed by atoms with van der Waals surface area (Å²) in [5.74, 6) is 0.789. The van der Waals surface area contributed by atoms with Crippen LogP contribution in [0.4, 0.5) is 11.4 Å². The second-order valence-corrected chi connectivity index (χ2v) is 10.5. The van der Waals surface area contributed by atoms with E-state index in [1.807, 2.05) is 30.9 Å². The van der Waals surface area contributed by atoms with Crippen molar-refractivity contribution in [2.75, 3.05) is 18.0 Å². The topological polar surface area (TPSA) is 94.1 Å². The van der Waals surface area contributed by atoms with Gasteiger partial charge in [0.2, 0.25) is 0 Å². The number of nitrogens with one attached hydrogen (secondary N) is 3. The van der Waals surface area contributed by atoms with Gasteiger partial charge in [0, 0.05) is 67.8 Å². The van der Waals surface area contributed by atoms with E-state index in [0.29, 0.717) is 6.54 Å². The summed E-state index contributed by atoms with van der Waals surface area (Å²) in [6.07, 6.45) is 11.5. The Kier molecular flexibility index (Phi) is 6.67.